The molecule has 0 unspecified atom stereocenters. The van der Waals surface area contributed by atoms with E-state index in [0.717, 1.165) is 35.1 Å². The van der Waals surface area contributed by atoms with Crippen LogP contribution in [0.15, 0.2) is 41.5 Å². The number of hydrogen-bond donors (Lipinski definition) is 4. The average molecular weight is 590 g/mol. The van der Waals surface area contributed by atoms with Gasteiger partial charge in [-0.15, -0.1) is 0 Å². The Hall–Kier alpha value is -4.47. The Morgan fingerprint density at radius 3 is 2.00 bits per heavy atom. The summed E-state index contributed by atoms with van der Waals surface area (Å²) in [5.74, 6) is 5.53. The van der Waals surface area contributed by atoms with Crippen LogP contribution in [0.2, 0.25) is 0 Å². The zero-order chi connectivity index (χ0) is 31.7. The molecule has 1 aliphatic carbocycles. The van der Waals surface area contributed by atoms with E-state index in [-0.39, 0.29) is 30.1 Å². The lowest BCUT2D eigenvalue weighted by Crippen LogP contribution is -2.49. The van der Waals surface area contributed by atoms with E-state index in [2.05, 4.69) is 22.0 Å². The summed E-state index contributed by atoms with van der Waals surface area (Å²) in [5, 5.41) is 16.2. The number of nitrogens with two attached hydrogens (primary N) is 2. The van der Waals surface area contributed by atoms with Crippen molar-refractivity contribution in [2.75, 3.05) is 54.9 Å². The molecule has 0 saturated carbocycles. The number of carbonyl (C=O) groups excluding carboxylic acids is 3. The van der Waals surface area contributed by atoms with Gasteiger partial charge in [0.05, 0.1) is 18.0 Å². The molecule has 12 heteroatoms. The quantitative estimate of drug-likeness (QED) is 0.0885. The maximum atomic E-state index is 12.9. The largest absolute Gasteiger partial charge is 0.385 e. The van der Waals surface area contributed by atoms with Gasteiger partial charge in [-0.05, 0) is 78.7 Å². The van der Waals surface area contributed by atoms with Crippen LogP contribution in [-0.2, 0) is 16.6 Å². The lowest BCUT2D eigenvalue weighted by atomic mass is 9.63. The molecule has 2 aromatic rings. The molecule has 0 saturated heterocycles. The van der Waals surface area contributed by atoms with E-state index < -0.39 is 5.41 Å². The highest BCUT2D eigenvalue weighted by Crippen LogP contribution is 2.45. The van der Waals surface area contributed by atoms with Crippen molar-refractivity contribution < 1.29 is 14.4 Å². The zero-order valence-electron chi connectivity index (χ0n) is 25.7. The smallest absolute Gasteiger partial charge is 0.253 e. The molecule has 3 amide bonds. The summed E-state index contributed by atoms with van der Waals surface area (Å²) < 4.78 is 0. The van der Waals surface area contributed by atoms with Gasteiger partial charge in [-0.2, -0.15) is 10.4 Å². The molecule has 0 atom stereocenters. The molecule has 1 aliphatic rings. The third kappa shape index (κ3) is 7.31. The van der Waals surface area contributed by atoms with Crippen molar-refractivity contribution in [3.8, 4) is 6.07 Å². The second kappa shape index (κ2) is 14.6. The first-order chi connectivity index (χ1) is 20.5. The molecule has 12 nitrogen and oxygen atoms in total. The van der Waals surface area contributed by atoms with Crippen LogP contribution < -0.4 is 22.4 Å². The van der Waals surface area contributed by atoms with Crippen LogP contribution in [0.4, 0.5) is 0 Å². The molecular weight excluding hydrogens is 546 g/mol. The fourth-order valence-electron chi connectivity index (χ4n) is 5.57. The van der Waals surface area contributed by atoms with Crippen LogP contribution in [0.3, 0.4) is 0 Å². The molecule has 3 rings (SSSR count). The van der Waals surface area contributed by atoms with Crippen LogP contribution in [0.25, 0.3) is 0 Å². The van der Waals surface area contributed by atoms with E-state index in [9.17, 15) is 14.4 Å². The fraction of sp³-hybridized carbons (Fsp3) is 0.452. The minimum atomic E-state index is -0.964. The molecule has 230 valence electrons. The first kappa shape index (κ1) is 33.0. The third-order valence-corrected chi connectivity index (χ3v) is 7.85. The number of carbonyl (C=O) groups is 3. The van der Waals surface area contributed by atoms with Gasteiger partial charge in [0.15, 0.2) is 0 Å². The van der Waals surface area contributed by atoms with Crippen molar-refractivity contribution in [3.63, 3.8) is 0 Å². The number of hydrazine groups is 1. The predicted octanol–water partition coefficient (Wildman–Crippen LogP) is 1.15. The molecule has 43 heavy (non-hydrogen) atoms. The van der Waals surface area contributed by atoms with E-state index in [1.54, 1.807) is 52.3 Å². The van der Waals surface area contributed by atoms with Crippen molar-refractivity contribution in [1.82, 2.24) is 25.6 Å². The van der Waals surface area contributed by atoms with E-state index in [4.69, 9.17) is 16.8 Å². The van der Waals surface area contributed by atoms with Gasteiger partial charge in [0.2, 0.25) is 5.91 Å². The van der Waals surface area contributed by atoms with Crippen molar-refractivity contribution in [3.05, 3.63) is 69.8 Å². The maximum absolute atomic E-state index is 12.9. The Kier molecular flexibility index (Phi) is 11.2. The molecule has 0 radical (unpaired) electrons. The number of amides is 3. The summed E-state index contributed by atoms with van der Waals surface area (Å²) in [4.78, 5) is 43.2. The number of hydrazone groups is 1. The molecule has 6 N–H and O–H groups in total. The normalized spacial score (nSPS) is 13.3. The molecular formula is C31H43N9O3. The molecule has 2 aromatic carbocycles. The standard InChI is InChI=1S/C31H43N9O3/c1-38(2)28(42)21-9-11-25-23(17-21)19-24-18-22(29(43)39(3)4)10-12-26(24)31(25,30(33)36-37-34)13-15-35-20-27(41)40(5)16-8-6-7-14-32/h9-12,17-18,35,37H,6-8,13,15-16,19-20,34H2,1-5H3,(H2,33,36). The summed E-state index contributed by atoms with van der Waals surface area (Å²) in [6, 6.07) is 13.3. The summed E-state index contributed by atoms with van der Waals surface area (Å²) >= 11 is 0. The predicted molar refractivity (Wildman–Crippen MR) is 166 cm³/mol. The number of rotatable bonds is 13. The second-order valence-corrected chi connectivity index (χ2v) is 11.2. The molecule has 0 aliphatic heterocycles. The SMILES string of the molecule is CN(C)C(=O)c1ccc2c(c1)Cc1cc(C(=O)N(C)C)ccc1C2(CCNCC(=O)N(C)CCCCC#N)/C(N)=N/NN. The number of nitrogens with one attached hydrogen (secondary N) is 2. The highest BCUT2D eigenvalue weighted by molar-refractivity contribution is 5.99. The van der Waals surface area contributed by atoms with Gasteiger partial charge in [-0.3, -0.25) is 14.4 Å². The van der Waals surface area contributed by atoms with Gasteiger partial charge in [-0.1, -0.05) is 12.1 Å². The summed E-state index contributed by atoms with van der Waals surface area (Å²) in [7, 11) is 8.56. The lowest BCUT2D eigenvalue weighted by Gasteiger charge is -2.41. The van der Waals surface area contributed by atoms with Crippen LogP contribution in [0.1, 0.15) is 68.7 Å². The summed E-state index contributed by atoms with van der Waals surface area (Å²) in [6.45, 7) is 1.12. The zero-order valence-corrected chi connectivity index (χ0v) is 25.7. The van der Waals surface area contributed by atoms with E-state index in [1.807, 2.05) is 24.3 Å². The molecule has 0 aromatic heterocycles. The molecule has 0 fully saturated rings. The van der Waals surface area contributed by atoms with Gasteiger partial charge in [-0.25, -0.2) is 11.4 Å². The van der Waals surface area contributed by atoms with Crippen LogP contribution in [0.5, 0.6) is 0 Å². The molecule has 0 heterocycles. The first-order valence-electron chi connectivity index (χ1n) is 14.3. The maximum Gasteiger partial charge on any atom is 0.253 e. The second-order valence-electron chi connectivity index (χ2n) is 11.2. The molecule has 0 spiro atoms. The number of unbranched alkanes of at least 4 members (excludes halogenated alkanes) is 2. The lowest BCUT2D eigenvalue weighted by molar-refractivity contribution is -0.129. The highest BCUT2D eigenvalue weighted by atomic mass is 16.2. The van der Waals surface area contributed by atoms with Gasteiger partial charge in [0, 0.05) is 59.3 Å². The van der Waals surface area contributed by atoms with Crippen LogP contribution in [0, 0.1) is 11.3 Å². The number of likely N-dealkylation sites (N-methyl/N-ethyl adjacent to an activating group) is 1. The summed E-state index contributed by atoms with van der Waals surface area (Å²) in [6.07, 6.45) is 2.90. The Morgan fingerprint density at radius 2 is 1.51 bits per heavy atom. The summed E-state index contributed by atoms with van der Waals surface area (Å²) in [5.41, 5.74) is 12.7. The number of nitrogens with zero attached hydrogens (tertiary/aromatic N) is 5. The van der Waals surface area contributed by atoms with Gasteiger partial charge in [0.25, 0.3) is 11.8 Å². The number of nitriles is 1. The van der Waals surface area contributed by atoms with Crippen molar-refractivity contribution in [2.24, 2.45) is 16.7 Å². The minimum Gasteiger partial charge on any atom is -0.385 e. The Bertz CT molecular complexity index is 1340. The Labute approximate surface area is 253 Å². The van der Waals surface area contributed by atoms with Crippen LogP contribution in [-0.4, -0.2) is 93.1 Å². The van der Waals surface area contributed by atoms with Gasteiger partial charge >= 0.3 is 0 Å². The Balaban J connectivity index is 2.02. The van der Waals surface area contributed by atoms with Crippen molar-refractivity contribution in [1.29, 1.82) is 5.26 Å². The monoisotopic (exact) mass is 589 g/mol. The fourth-order valence-corrected chi connectivity index (χ4v) is 5.57. The van der Waals surface area contributed by atoms with E-state index in [0.29, 0.717) is 43.5 Å². The number of hydrogen-bond acceptors (Lipinski definition) is 8. The minimum absolute atomic E-state index is 0.0561. The van der Waals surface area contributed by atoms with Crippen molar-refractivity contribution in [2.45, 2.75) is 37.5 Å². The molecule has 0 bridgehead atoms. The van der Waals surface area contributed by atoms with Crippen LogP contribution >= 0.6 is 0 Å². The number of amidine groups is 1. The van der Waals surface area contributed by atoms with Crippen molar-refractivity contribution >= 4 is 23.6 Å². The Morgan fingerprint density at radius 1 is 0.953 bits per heavy atom. The topological polar surface area (TPSA) is 173 Å². The van der Waals surface area contributed by atoms with Gasteiger partial charge < -0.3 is 25.8 Å². The number of fused-ring (bicyclic) bond motifs is 2. The highest BCUT2D eigenvalue weighted by Gasteiger charge is 2.44. The third-order valence-electron chi connectivity index (χ3n) is 7.85. The average Bonchev–Trinajstić information content (AvgIpc) is 2.99. The van der Waals surface area contributed by atoms with Gasteiger partial charge in [0.1, 0.15) is 5.84 Å². The number of benzene rings is 2. The van der Waals surface area contributed by atoms with E-state index >= 15 is 0 Å². The van der Waals surface area contributed by atoms with E-state index in [1.165, 1.54) is 9.80 Å². The first-order valence-corrected chi connectivity index (χ1v) is 14.3.